The number of nitrogens with one attached hydrogen (secondary N) is 1. The van der Waals surface area contributed by atoms with E-state index in [9.17, 15) is 14.4 Å². The van der Waals surface area contributed by atoms with E-state index in [1.54, 1.807) is 7.05 Å². The van der Waals surface area contributed by atoms with Crippen molar-refractivity contribution in [2.75, 3.05) is 24.5 Å². The van der Waals surface area contributed by atoms with Crippen LogP contribution in [0.3, 0.4) is 0 Å². The highest BCUT2D eigenvalue weighted by Crippen LogP contribution is 2.21. The second-order valence-electron chi connectivity index (χ2n) is 7.41. The number of carbonyl (C=O) groups is 1. The maximum Gasteiger partial charge on any atom is 0.332 e. The van der Waals surface area contributed by atoms with Crippen molar-refractivity contribution >= 4 is 11.7 Å². The van der Waals surface area contributed by atoms with Gasteiger partial charge in [-0.05, 0) is 31.2 Å². The molecule has 1 aromatic carbocycles. The van der Waals surface area contributed by atoms with E-state index in [0.717, 1.165) is 36.8 Å². The normalized spacial score (nSPS) is 16.8. The number of piperidine rings is 1. The van der Waals surface area contributed by atoms with Crippen LogP contribution in [0.15, 0.2) is 46.0 Å². The maximum absolute atomic E-state index is 12.6. The molecule has 1 saturated heterocycles. The summed E-state index contributed by atoms with van der Waals surface area (Å²) >= 11 is 0. The highest BCUT2D eigenvalue weighted by Gasteiger charge is 2.27. The van der Waals surface area contributed by atoms with Gasteiger partial charge in [-0.15, -0.1) is 0 Å². The molecule has 7 heteroatoms. The molecule has 0 bridgehead atoms. The quantitative estimate of drug-likeness (QED) is 0.756. The average Bonchev–Trinajstić information content (AvgIpc) is 2.73. The summed E-state index contributed by atoms with van der Waals surface area (Å²) in [6, 6.07) is 11.7. The summed E-state index contributed by atoms with van der Waals surface area (Å²) in [5.41, 5.74) is 0.590. The zero-order chi connectivity index (χ0) is 20.1. The van der Waals surface area contributed by atoms with Crippen molar-refractivity contribution in [3.05, 3.63) is 62.8 Å². The first-order valence-electron chi connectivity index (χ1n) is 9.81. The number of aryl methyl sites for hydroxylation is 1. The van der Waals surface area contributed by atoms with Crippen molar-refractivity contribution in [1.29, 1.82) is 0 Å². The largest absolute Gasteiger partial charge is 0.357 e. The van der Waals surface area contributed by atoms with Gasteiger partial charge in [0.15, 0.2) is 0 Å². The lowest BCUT2D eigenvalue weighted by atomic mass is 9.97. The second-order valence-corrected chi connectivity index (χ2v) is 7.41. The van der Waals surface area contributed by atoms with Crippen LogP contribution in [-0.4, -0.2) is 34.7 Å². The van der Waals surface area contributed by atoms with Crippen LogP contribution in [0, 0.1) is 5.92 Å². The Balaban J connectivity index is 1.57. The summed E-state index contributed by atoms with van der Waals surface area (Å²) in [5.74, 6) is 0.492. The molecule has 0 radical (unpaired) electrons. The Labute approximate surface area is 164 Å². The number of anilines is 1. The molecular weight excluding hydrogens is 356 g/mol. The molecule has 0 saturated carbocycles. The van der Waals surface area contributed by atoms with E-state index >= 15 is 0 Å². The van der Waals surface area contributed by atoms with E-state index in [-0.39, 0.29) is 23.1 Å². The van der Waals surface area contributed by atoms with E-state index in [1.807, 2.05) is 23.1 Å². The minimum Gasteiger partial charge on any atom is -0.357 e. The van der Waals surface area contributed by atoms with Crippen LogP contribution in [0.4, 0.5) is 5.82 Å². The third-order valence-electron chi connectivity index (χ3n) is 5.40. The van der Waals surface area contributed by atoms with Gasteiger partial charge in [-0.25, -0.2) is 4.79 Å². The fraction of sp³-hybridized carbons (Fsp3) is 0.476. The molecule has 1 atom stereocenters. The zero-order valence-electron chi connectivity index (χ0n) is 16.6. The minimum atomic E-state index is -0.352. The average molecular weight is 384 g/mol. The summed E-state index contributed by atoms with van der Waals surface area (Å²) in [7, 11) is 3.13. The van der Waals surface area contributed by atoms with E-state index < -0.39 is 0 Å². The third-order valence-corrected chi connectivity index (χ3v) is 5.40. The molecule has 7 nitrogen and oxygen atoms in total. The van der Waals surface area contributed by atoms with Gasteiger partial charge in [0, 0.05) is 39.8 Å². The smallest absolute Gasteiger partial charge is 0.332 e. The van der Waals surface area contributed by atoms with Crippen molar-refractivity contribution in [2.45, 2.75) is 25.7 Å². The van der Waals surface area contributed by atoms with Crippen LogP contribution >= 0.6 is 0 Å². The van der Waals surface area contributed by atoms with Crippen LogP contribution in [-0.2, 0) is 25.3 Å². The van der Waals surface area contributed by atoms with Gasteiger partial charge in [-0.2, -0.15) is 0 Å². The lowest BCUT2D eigenvalue weighted by Crippen LogP contribution is -2.46. The molecular formula is C21H28N4O3. The summed E-state index contributed by atoms with van der Waals surface area (Å²) in [6.45, 7) is 1.90. The van der Waals surface area contributed by atoms with Gasteiger partial charge in [0.25, 0.3) is 5.56 Å². The van der Waals surface area contributed by atoms with E-state index in [0.29, 0.717) is 18.9 Å². The molecule has 1 fully saturated rings. The Bertz CT molecular complexity index is 933. The van der Waals surface area contributed by atoms with Gasteiger partial charge in [0.05, 0.1) is 5.92 Å². The molecule has 28 heavy (non-hydrogen) atoms. The van der Waals surface area contributed by atoms with Gasteiger partial charge < -0.3 is 10.2 Å². The molecule has 2 heterocycles. The summed E-state index contributed by atoms with van der Waals surface area (Å²) in [6.07, 6.45) is 3.51. The number of amides is 1. The van der Waals surface area contributed by atoms with Crippen molar-refractivity contribution in [3.63, 3.8) is 0 Å². The molecule has 1 unspecified atom stereocenters. The van der Waals surface area contributed by atoms with Crippen LogP contribution in [0.25, 0.3) is 0 Å². The van der Waals surface area contributed by atoms with Gasteiger partial charge in [-0.3, -0.25) is 18.7 Å². The molecule has 3 rings (SSSR count). The second kappa shape index (κ2) is 8.91. The molecule has 1 aliphatic heterocycles. The number of benzene rings is 1. The lowest BCUT2D eigenvalue weighted by Gasteiger charge is -2.34. The van der Waals surface area contributed by atoms with Crippen LogP contribution in [0.2, 0.25) is 0 Å². The first-order valence-corrected chi connectivity index (χ1v) is 9.81. The summed E-state index contributed by atoms with van der Waals surface area (Å²) in [5, 5.41) is 3.04. The lowest BCUT2D eigenvalue weighted by molar-refractivity contribution is -0.125. The molecule has 150 valence electrons. The van der Waals surface area contributed by atoms with Gasteiger partial charge in [-0.1, -0.05) is 30.3 Å². The Kier molecular flexibility index (Phi) is 6.34. The zero-order valence-corrected chi connectivity index (χ0v) is 16.6. The van der Waals surface area contributed by atoms with Gasteiger partial charge >= 0.3 is 5.69 Å². The minimum absolute atomic E-state index is 0.0478. The Hall–Kier alpha value is -2.83. The van der Waals surface area contributed by atoms with E-state index in [1.165, 1.54) is 23.2 Å². The highest BCUT2D eigenvalue weighted by molar-refractivity contribution is 5.79. The molecule has 1 N–H and O–H groups in total. The summed E-state index contributed by atoms with van der Waals surface area (Å²) in [4.78, 5) is 38.7. The number of hydrogen-bond acceptors (Lipinski definition) is 4. The number of hydrogen-bond donors (Lipinski definition) is 1. The highest BCUT2D eigenvalue weighted by atomic mass is 16.2. The molecule has 1 aliphatic rings. The van der Waals surface area contributed by atoms with Gasteiger partial charge in [0.1, 0.15) is 5.82 Å². The monoisotopic (exact) mass is 384 g/mol. The predicted octanol–water partition coefficient (Wildman–Crippen LogP) is 1.05. The molecule has 2 aromatic rings. The molecule has 0 aliphatic carbocycles. The van der Waals surface area contributed by atoms with Crippen molar-refractivity contribution in [3.8, 4) is 0 Å². The van der Waals surface area contributed by atoms with Crippen molar-refractivity contribution in [1.82, 2.24) is 14.5 Å². The Morgan fingerprint density at radius 2 is 1.89 bits per heavy atom. The fourth-order valence-electron chi connectivity index (χ4n) is 3.72. The number of nitrogens with zero attached hydrogens (tertiary/aromatic N) is 3. The summed E-state index contributed by atoms with van der Waals surface area (Å²) < 4.78 is 2.56. The topological polar surface area (TPSA) is 76.3 Å². The first kappa shape index (κ1) is 19.9. The van der Waals surface area contributed by atoms with Crippen molar-refractivity contribution < 1.29 is 4.79 Å². The number of rotatable bonds is 6. The Morgan fingerprint density at radius 1 is 1.14 bits per heavy atom. The van der Waals surface area contributed by atoms with Crippen LogP contribution < -0.4 is 21.5 Å². The van der Waals surface area contributed by atoms with E-state index in [4.69, 9.17) is 0 Å². The molecule has 0 spiro atoms. The van der Waals surface area contributed by atoms with Crippen molar-refractivity contribution in [2.24, 2.45) is 20.0 Å². The third kappa shape index (κ3) is 4.52. The standard InChI is InChI=1S/C21H28N4O3/c1-23-18(14-19(26)24(2)21(23)28)25-13-7-11-17(15-25)20(27)22-12-6-10-16-8-4-3-5-9-16/h3-5,8-9,14,17H,6-7,10-13,15H2,1-2H3,(H,22,27). The van der Waals surface area contributed by atoms with Crippen LogP contribution in [0.5, 0.6) is 0 Å². The van der Waals surface area contributed by atoms with E-state index in [2.05, 4.69) is 17.4 Å². The van der Waals surface area contributed by atoms with Crippen LogP contribution in [0.1, 0.15) is 24.8 Å². The van der Waals surface area contributed by atoms with Gasteiger partial charge in [0.2, 0.25) is 5.91 Å². The Morgan fingerprint density at radius 3 is 2.64 bits per heavy atom. The number of aromatic nitrogens is 2. The predicted molar refractivity (Wildman–Crippen MR) is 110 cm³/mol. The first-order chi connectivity index (χ1) is 13.5. The SMILES string of the molecule is Cn1c(N2CCCC(C(=O)NCCCc3ccccc3)C2)cc(=O)n(C)c1=O. The maximum atomic E-state index is 12.6. The molecule has 1 amide bonds. The number of carbonyl (C=O) groups excluding carboxylic acids is 1. The molecule has 1 aromatic heterocycles. The fourth-order valence-corrected chi connectivity index (χ4v) is 3.72.